The third-order valence-electron chi connectivity index (χ3n) is 2.74. The Kier molecular flexibility index (Phi) is 4.36. The molecule has 0 radical (unpaired) electrons. The van der Waals surface area contributed by atoms with Gasteiger partial charge in [0.25, 0.3) is 0 Å². The van der Waals surface area contributed by atoms with Crippen molar-refractivity contribution in [3.8, 4) is 0 Å². The van der Waals surface area contributed by atoms with E-state index in [2.05, 4.69) is 22.1 Å². The van der Waals surface area contributed by atoms with Gasteiger partial charge in [0.2, 0.25) is 0 Å². The van der Waals surface area contributed by atoms with Crippen LogP contribution in [0.5, 0.6) is 0 Å². The van der Waals surface area contributed by atoms with Gasteiger partial charge in [-0.25, -0.2) is 4.98 Å². The zero-order valence-corrected chi connectivity index (χ0v) is 10.9. The predicted molar refractivity (Wildman–Crippen MR) is 72.4 cm³/mol. The first-order valence-electron chi connectivity index (χ1n) is 6.18. The predicted octanol–water partition coefficient (Wildman–Crippen LogP) is 2.42. The standard InChI is InChI=1S/C14H19N3O/c1-3-15-9-13-5-4-6-14(16-13)17(2)10-12-7-8-18-11-12/h4-8,11,15H,3,9-10H2,1-2H3. The summed E-state index contributed by atoms with van der Waals surface area (Å²) in [6.45, 7) is 4.66. The van der Waals surface area contributed by atoms with Crippen LogP contribution in [0.4, 0.5) is 5.82 Å². The van der Waals surface area contributed by atoms with Crippen LogP contribution in [0.3, 0.4) is 0 Å². The van der Waals surface area contributed by atoms with Crippen molar-refractivity contribution in [2.75, 3.05) is 18.5 Å². The van der Waals surface area contributed by atoms with Gasteiger partial charge in [-0.05, 0) is 24.7 Å². The third-order valence-corrected chi connectivity index (χ3v) is 2.74. The number of aromatic nitrogens is 1. The molecule has 0 saturated heterocycles. The van der Waals surface area contributed by atoms with E-state index in [1.807, 2.05) is 31.3 Å². The van der Waals surface area contributed by atoms with E-state index in [1.165, 1.54) is 0 Å². The second-order valence-electron chi connectivity index (χ2n) is 4.26. The first-order valence-corrected chi connectivity index (χ1v) is 6.18. The molecule has 2 heterocycles. The molecule has 0 saturated carbocycles. The summed E-state index contributed by atoms with van der Waals surface area (Å²) in [7, 11) is 2.03. The number of hydrogen-bond acceptors (Lipinski definition) is 4. The number of furan rings is 1. The van der Waals surface area contributed by atoms with E-state index in [-0.39, 0.29) is 0 Å². The molecule has 0 aliphatic heterocycles. The molecule has 0 unspecified atom stereocenters. The third kappa shape index (κ3) is 3.34. The highest BCUT2D eigenvalue weighted by Gasteiger charge is 2.05. The maximum absolute atomic E-state index is 5.07. The van der Waals surface area contributed by atoms with Crippen molar-refractivity contribution < 1.29 is 4.42 Å². The monoisotopic (exact) mass is 245 g/mol. The van der Waals surface area contributed by atoms with Crippen LogP contribution >= 0.6 is 0 Å². The van der Waals surface area contributed by atoms with Gasteiger partial charge in [0.15, 0.2) is 0 Å². The van der Waals surface area contributed by atoms with Crippen molar-refractivity contribution in [1.29, 1.82) is 0 Å². The minimum absolute atomic E-state index is 0.800. The van der Waals surface area contributed by atoms with Gasteiger partial charge in [0.05, 0.1) is 18.2 Å². The Labute approximate surface area is 108 Å². The summed E-state index contributed by atoms with van der Waals surface area (Å²) in [5.74, 6) is 0.978. The highest BCUT2D eigenvalue weighted by Crippen LogP contribution is 2.13. The van der Waals surface area contributed by atoms with Crippen molar-refractivity contribution in [1.82, 2.24) is 10.3 Å². The first-order chi connectivity index (χ1) is 8.79. The van der Waals surface area contributed by atoms with E-state index in [9.17, 15) is 0 Å². The van der Waals surface area contributed by atoms with E-state index in [1.54, 1.807) is 12.5 Å². The van der Waals surface area contributed by atoms with Crippen molar-refractivity contribution in [3.63, 3.8) is 0 Å². The Hall–Kier alpha value is -1.81. The zero-order chi connectivity index (χ0) is 12.8. The summed E-state index contributed by atoms with van der Waals surface area (Å²) in [5, 5.41) is 3.28. The lowest BCUT2D eigenvalue weighted by atomic mass is 10.3. The molecule has 2 aromatic rings. The highest BCUT2D eigenvalue weighted by molar-refractivity contribution is 5.39. The van der Waals surface area contributed by atoms with E-state index in [4.69, 9.17) is 4.42 Å². The van der Waals surface area contributed by atoms with Crippen molar-refractivity contribution >= 4 is 5.82 Å². The fourth-order valence-electron chi connectivity index (χ4n) is 1.77. The summed E-state index contributed by atoms with van der Waals surface area (Å²) < 4.78 is 5.07. The number of anilines is 1. The molecule has 96 valence electrons. The van der Waals surface area contributed by atoms with E-state index >= 15 is 0 Å². The molecule has 0 atom stereocenters. The SMILES string of the molecule is CCNCc1cccc(N(C)Cc2ccoc2)n1. The van der Waals surface area contributed by atoms with Gasteiger partial charge in [-0.2, -0.15) is 0 Å². The van der Waals surface area contributed by atoms with Gasteiger partial charge in [0, 0.05) is 25.7 Å². The zero-order valence-electron chi connectivity index (χ0n) is 10.9. The average molecular weight is 245 g/mol. The Morgan fingerprint density at radius 3 is 2.94 bits per heavy atom. The summed E-state index contributed by atoms with van der Waals surface area (Å²) in [6.07, 6.45) is 3.46. The maximum atomic E-state index is 5.07. The van der Waals surface area contributed by atoms with Gasteiger partial charge < -0.3 is 14.6 Å². The second-order valence-corrected chi connectivity index (χ2v) is 4.26. The average Bonchev–Trinajstić information content (AvgIpc) is 2.89. The summed E-state index contributed by atoms with van der Waals surface area (Å²) >= 11 is 0. The Bertz CT molecular complexity index is 468. The highest BCUT2D eigenvalue weighted by atomic mass is 16.3. The number of rotatable bonds is 6. The van der Waals surface area contributed by atoms with Crippen molar-refractivity contribution in [2.24, 2.45) is 0 Å². The summed E-state index contributed by atoms with van der Waals surface area (Å²) in [6, 6.07) is 8.08. The smallest absolute Gasteiger partial charge is 0.128 e. The van der Waals surface area contributed by atoms with Gasteiger partial charge >= 0.3 is 0 Å². The Balaban J connectivity index is 2.03. The first kappa shape index (κ1) is 12.6. The molecule has 4 heteroatoms. The molecule has 0 bridgehead atoms. The molecule has 0 aliphatic rings. The molecule has 4 nitrogen and oxygen atoms in total. The van der Waals surface area contributed by atoms with Crippen LogP contribution in [0.15, 0.2) is 41.2 Å². The molecule has 1 N–H and O–H groups in total. The molecule has 2 rings (SSSR count). The van der Waals surface area contributed by atoms with E-state index in [0.29, 0.717) is 0 Å². The fraction of sp³-hybridized carbons (Fsp3) is 0.357. The summed E-state index contributed by atoms with van der Waals surface area (Å²) in [5.41, 5.74) is 2.21. The number of pyridine rings is 1. The molecule has 0 aliphatic carbocycles. The van der Waals surface area contributed by atoms with Gasteiger partial charge in [-0.15, -0.1) is 0 Å². The lowest BCUT2D eigenvalue weighted by molar-refractivity contribution is 0.563. The minimum Gasteiger partial charge on any atom is -0.472 e. The minimum atomic E-state index is 0.800. The fourth-order valence-corrected chi connectivity index (χ4v) is 1.77. The van der Waals surface area contributed by atoms with Crippen LogP contribution in [0.2, 0.25) is 0 Å². The summed E-state index contributed by atoms with van der Waals surface area (Å²) in [4.78, 5) is 6.73. The molecule has 0 spiro atoms. The van der Waals surface area contributed by atoms with Gasteiger partial charge in [-0.1, -0.05) is 13.0 Å². The molecule has 0 fully saturated rings. The van der Waals surface area contributed by atoms with Gasteiger partial charge in [0.1, 0.15) is 5.82 Å². The van der Waals surface area contributed by atoms with Crippen LogP contribution in [0, 0.1) is 0 Å². The van der Waals surface area contributed by atoms with Crippen LogP contribution in [-0.4, -0.2) is 18.6 Å². The van der Waals surface area contributed by atoms with Crippen molar-refractivity contribution in [3.05, 3.63) is 48.0 Å². The Morgan fingerprint density at radius 1 is 1.33 bits per heavy atom. The van der Waals surface area contributed by atoms with Crippen LogP contribution in [-0.2, 0) is 13.1 Å². The van der Waals surface area contributed by atoms with E-state index < -0.39 is 0 Å². The number of nitrogens with zero attached hydrogens (tertiary/aromatic N) is 2. The maximum Gasteiger partial charge on any atom is 0.128 e. The lowest BCUT2D eigenvalue weighted by Crippen LogP contribution is -2.19. The largest absolute Gasteiger partial charge is 0.472 e. The molecular formula is C14H19N3O. The van der Waals surface area contributed by atoms with Crippen molar-refractivity contribution in [2.45, 2.75) is 20.0 Å². The lowest BCUT2D eigenvalue weighted by Gasteiger charge is -2.18. The van der Waals surface area contributed by atoms with Crippen LogP contribution < -0.4 is 10.2 Å². The molecule has 2 aromatic heterocycles. The Morgan fingerprint density at radius 2 is 2.22 bits per heavy atom. The van der Waals surface area contributed by atoms with Crippen LogP contribution in [0.25, 0.3) is 0 Å². The number of hydrogen-bond donors (Lipinski definition) is 1. The topological polar surface area (TPSA) is 41.3 Å². The molecule has 18 heavy (non-hydrogen) atoms. The quantitative estimate of drug-likeness (QED) is 0.848. The molecule has 0 amide bonds. The second kappa shape index (κ2) is 6.21. The molecular weight excluding hydrogens is 226 g/mol. The van der Waals surface area contributed by atoms with E-state index in [0.717, 1.165) is 36.7 Å². The normalized spacial score (nSPS) is 10.6. The molecule has 0 aromatic carbocycles. The van der Waals surface area contributed by atoms with Crippen LogP contribution in [0.1, 0.15) is 18.2 Å². The van der Waals surface area contributed by atoms with Gasteiger partial charge in [-0.3, -0.25) is 0 Å². The number of nitrogens with one attached hydrogen (secondary N) is 1.